The number of nitrogens with zero attached hydrogens (tertiary/aromatic N) is 7. The SMILES string of the molecule is CO[C@@H](C)c1ncc(C#C[C@@H](C)N2CCN(C3CC3)CC2)cc1-c1c2c3cc(ccc3n1CC(F)(F)F)-c1csc(n1)[C@@H](N1CCOCC1)[C@H](NC(=O)[C@H]1OC[C@@H]1C)C(=O)N1N[C@H](C(=O)OCC(C)(C)C2)C2CC1C2. The van der Waals surface area contributed by atoms with Crippen LogP contribution in [0.5, 0.6) is 0 Å². The van der Waals surface area contributed by atoms with Crippen LogP contribution in [-0.2, 0) is 46.3 Å². The van der Waals surface area contributed by atoms with Crippen molar-refractivity contribution in [3.8, 4) is 34.4 Å². The predicted octanol–water partition coefficient (Wildman–Crippen LogP) is 6.13. The number of morpholine rings is 1. The number of alkyl halides is 3. The Morgan fingerprint density at radius 3 is 2.48 bits per heavy atom. The molecule has 2 N–H and O–H groups in total. The number of rotatable bonds is 9. The van der Waals surface area contributed by atoms with Crippen LogP contribution in [0.4, 0.5) is 13.2 Å². The summed E-state index contributed by atoms with van der Waals surface area (Å²) < 4.78 is 70.5. The van der Waals surface area contributed by atoms with Crippen LogP contribution < -0.4 is 10.7 Å². The van der Waals surface area contributed by atoms with E-state index in [0.717, 1.165) is 26.2 Å². The second-order valence-corrected chi connectivity index (χ2v) is 23.5. The number of aromatic nitrogens is 3. The van der Waals surface area contributed by atoms with Crippen LogP contribution in [0.3, 0.4) is 0 Å². The second kappa shape index (κ2) is 20.8. The van der Waals surface area contributed by atoms with Crippen LogP contribution in [0.1, 0.15) is 94.3 Å². The Hall–Kier alpha value is -4.98. The van der Waals surface area contributed by atoms with Gasteiger partial charge in [-0.2, -0.15) is 13.2 Å². The third kappa shape index (κ3) is 10.6. The number of carbonyl (C=O) groups is 3. The first-order valence-corrected chi connectivity index (χ1v) is 27.5. The van der Waals surface area contributed by atoms with E-state index >= 15 is 18.0 Å². The third-order valence-corrected chi connectivity index (χ3v) is 17.4. The Balaban J connectivity index is 1.06. The first-order chi connectivity index (χ1) is 35.9. The number of amides is 2. The number of hydrogen-bond donors (Lipinski definition) is 2. The number of hydrazine groups is 1. The molecular weight excluding hydrogens is 988 g/mol. The number of methoxy groups -OCH3 is 1. The summed E-state index contributed by atoms with van der Waals surface area (Å²) in [6.07, 6.45) is -0.446. The lowest BCUT2D eigenvalue weighted by Gasteiger charge is -2.53. The Labute approximate surface area is 439 Å². The van der Waals surface area contributed by atoms with Crippen LogP contribution in [0.2, 0.25) is 0 Å². The number of pyridine rings is 1. The van der Waals surface area contributed by atoms with Crippen molar-refractivity contribution in [1.82, 2.24) is 45.0 Å². The van der Waals surface area contributed by atoms with Gasteiger partial charge in [0.15, 0.2) is 0 Å². The number of carbonyl (C=O) groups excluding carboxylic acids is 3. The maximum atomic E-state index is 15.2. The summed E-state index contributed by atoms with van der Waals surface area (Å²) in [4.78, 5) is 60.9. The van der Waals surface area contributed by atoms with Crippen LogP contribution in [0.15, 0.2) is 35.8 Å². The Bertz CT molecular complexity index is 2880. The molecule has 0 radical (unpaired) electrons. The fourth-order valence-corrected chi connectivity index (χ4v) is 12.9. The van der Waals surface area contributed by atoms with Gasteiger partial charge < -0.3 is 28.8 Å². The molecule has 5 saturated heterocycles. The van der Waals surface area contributed by atoms with Crippen LogP contribution >= 0.6 is 11.3 Å². The van der Waals surface area contributed by atoms with Gasteiger partial charge >= 0.3 is 12.1 Å². The van der Waals surface area contributed by atoms with Crippen molar-refractivity contribution in [3.63, 3.8) is 0 Å². The third-order valence-electron chi connectivity index (χ3n) is 16.5. The molecule has 12 rings (SSSR count). The number of halogens is 3. The standard InChI is InChI=1S/C55H68F3N9O7S/c1-31-27-73-49(31)50(68)61-46-48(65-17-19-72-20-18-65)51-60-42(28-75-51)35-9-12-43-39(24-35)41(25-54(4,5)30-74-53(70)45-36-22-38(23-36)67(62-45)52(46)69)47(66(43)29-55(56,57)58)40-21-34(26-59-44(40)33(3)71-6)8-7-32(2)63-13-15-64(16-14-63)37-10-11-37/h9,12,21,24,26,28,31-33,36-38,45-46,48-49,62H,10-11,13-20,22-23,25,27,29-30H2,1-6H3,(H,61,68)/t31-,32+,33-,36?,38?,45-,46-,48-,49-/m0/s1. The lowest BCUT2D eigenvalue weighted by molar-refractivity contribution is -0.174. The van der Waals surface area contributed by atoms with Gasteiger partial charge in [-0.25, -0.2) is 10.4 Å². The summed E-state index contributed by atoms with van der Waals surface area (Å²) in [6, 6.07) is 4.91. The average molecular weight is 1060 g/mol. The van der Waals surface area contributed by atoms with Crippen molar-refractivity contribution >= 4 is 40.0 Å². The fraction of sp³-hybridized carbons (Fsp3) is 0.618. The van der Waals surface area contributed by atoms with Gasteiger partial charge in [0.1, 0.15) is 29.7 Å². The van der Waals surface area contributed by atoms with Crippen molar-refractivity contribution < 1.29 is 46.5 Å². The van der Waals surface area contributed by atoms with E-state index in [9.17, 15) is 9.59 Å². The molecule has 20 heteroatoms. The summed E-state index contributed by atoms with van der Waals surface area (Å²) in [5.41, 5.74) is 6.39. The molecule has 8 aliphatic rings. The van der Waals surface area contributed by atoms with Crippen molar-refractivity contribution in [1.29, 1.82) is 0 Å². The number of fused-ring (bicyclic) bond motifs is 4. The second-order valence-electron chi connectivity index (χ2n) is 22.6. The summed E-state index contributed by atoms with van der Waals surface area (Å²) in [7, 11) is 1.55. The molecule has 402 valence electrons. The van der Waals surface area contributed by atoms with E-state index in [-0.39, 0.29) is 36.9 Å². The zero-order valence-electron chi connectivity index (χ0n) is 43.6. The van der Waals surface area contributed by atoms with Gasteiger partial charge in [-0.15, -0.1) is 11.3 Å². The van der Waals surface area contributed by atoms with Crippen molar-refractivity contribution in [2.24, 2.45) is 17.3 Å². The molecular formula is C55H68F3N9O7S. The van der Waals surface area contributed by atoms with Gasteiger partial charge in [0.05, 0.1) is 61.7 Å². The average Bonchev–Trinajstić information content (AvgIpc) is 4.06. The Kier molecular flexibility index (Phi) is 14.4. The molecule has 2 aliphatic carbocycles. The van der Waals surface area contributed by atoms with Crippen LogP contribution in [0.25, 0.3) is 33.4 Å². The van der Waals surface area contributed by atoms with Gasteiger partial charge in [-0.3, -0.25) is 39.1 Å². The van der Waals surface area contributed by atoms with Crippen LogP contribution in [-0.4, -0.2) is 167 Å². The molecule has 1 aromatic carbocycles. The van der Waals surface area contributed by atoms with E-state index in [0.29, 0.717) is 107 Å². The highest BCUT2D eigenvalue weighted by molar-refractivity contribution is 7.10. The summed E-state index contributed by atoms with van der Waals surface area (Å²) in [6.45, 7) is 14.3. The quantitative estimate of drug-likeness (QED) is 0.146. The topological polar surface area (TPSA) is 156 Å². The van der Waals surface area contributed by atoms with Gasteiger partial charge in [0.2, 0.25) is 5.91 Å². The molecule has 8 bridgehead atoms. The first-order valence-electron chi connectivity index (χ1n) is 26.6. The van der Waals surface area contributed by atoms with Crippen molar-refractivity contribution in [2.45, 2.75) is 128 Å². The summed E-state index contributed by atoms with van der Waals surface area (Å²) in [5.74, 6) is 5.29. The van der Waals surface area contributed by atoms with Gasteiger partial charge in [-0.05, 0) is 75.6 Å². The molecule has 7 fully saturated rings. The number of benzene rings is 1. The predicted molar refractivity (Wildman–Crippen MR) is 275 cm³/mol. The number of thiazole rings is 1. The maximum absolute atomic E-state index is 15.2. The highest BCUT2D eigenvalue weighted by atomic mass is 32.1. The van der Waals surface area contributed by atoms with Gasteiger partial charge in [0, 0.05) is 109 Å². The zero-order valence-corrected chi connectivity index (χ0v) is 44.4. The molecule has 0 spiro atoms. The van der Waals surface area contributed by atoms with E-state index in [1.54, 1.807) is 25.4 Å². The Morgan fingerprint density at radius 1 is 1.04 bits per heavy atom. The zero-order chi connectivity index (χ0) is 52.5. The van der Waals surface area contributed by atoms with E-state index in [1.165, 1.54) is 33.8 Å². The Morgan fingerprint density at radius 2 is 1.80 bits per heavy atom. The number of piperazine rings is 1. The highest BCUT2D eigenvalue weighted by Gasteiger charge is 2.53. The van der Waals surface area contributed by atoms with Crippen molar-refractivity contribution in [2.75, 3.05) is 72.8 Å². The molecule has 9 heterocycles. The molecule has 16 nitrogen and oxygen atoms in total. The maximum Gasteiger partial charge on any atom is 0.406 e. The van der Waals surface area contributed by atoms with E-state index in [4.69, 9.17) is 28.9 Å². The molecule has 3 aromatic heterocycles. The minimum Gasteiger partial charge on any atom is -0.464 e. The van der Waals surface area contributed by atoms with Gasteiger partial charge in [0.25, 0.3) is 5.91 Å². The number of cyclic esters (lactones) is 1. The molecule has 0 unspecified atom stereocenters. The van der Waals surface area contributed by atoms with E-state index in [2.05, 4.69) is 44.2 Å². The molecule has 75 heavy (non-hydrogen) atoms. The molecule has 2 saturated carbocycles. The lowest BCUT2D eigenvalue weighted by Crippen LogP contribution is -2.72. The number of hydrogen-bond acceptors (Lipinski definition) is 14. The lowest BCUT2D eigenvalue weighted by atomic mass is 9.73. The highest BCUT2D eigenvalue weighted by Crippen LogP contribution is 2.45. The largest absolute Gasteiger partial charge is 0.464 e. The molecule has 4 aromatic rings. The molecule has 6 aliphatic heterocycles. The molecule has 7 atom stereocenters. The minimum atomic E-state index is -4.63. The first kappa shape index (κ1) is 52.1. The number of ether oxygens (including phenoxy) is 4. The van der Waals surface area contributed by atoms with Crippen molar-refractivity contribution in [3.05, 3.63) is 57.7 Å². The summed E-state index contributed by atoms with van der Waals surface area (Å²) >= 11 is 1.35. The smallest absolute Gasteiger partial charge is 0.406 e. The van der Waals surface area contributed by atoms with E-state index < -0.39 is 66.3 Å². The fourth-order valence-electron chi connectivity index (χ4n) is 11.9. The van der Waals surface area contributed by atoms with Crippen LogP contribution in [0, 0.1) is 29.1 Å². The monoisotopic (exact) mass is 1060 g/mol. The molecule has 2 amide bonds. The number of esters is 1. The van der Waals surface area contributed by atoms with Gasteiger partial charge in [-0.1, -0.05) is 38.7 Å². The van der Waals surface area contributed by atoms with E-state index in [1.807, 2.05) is 45.2 Å². The normalized spacial score (nSPS) is 28.5. The number of nitrogens with one attached hydrogen (secondary N) is 2. The summed E-state index contributed by atoms with van der Waals surface area (Å²) in [5, 5.41) is 7.65. The minimum absolute atomic E-state index is 0.0524.